The molecule has 1 aromatic heterocycles. The molecular weight excluding hydrogens is 449 g/mol. The molecule has 0 radical (unpaired) electrons. The second-order valence-electron chi connectivity index (χ2n) is 7.87. The molecule has 2 aromatic carbocycles. The van der Waals surface area contributed by atoms with Gasteiger partial charge in [-0.05, 0) is 36.6 Å². The number of halogens is 2. The standard InChI is InChI=1S/C23H27ClFN5O3/c1-13(2)8-18(26)23(31)27-6-7-33-21-10-15-19(11-20(21)32-3)28-12-29-22(15)30-14-4-5-17(25)16(24)9-14/h4-5,9-13,18H,6-8,26H2,1-3H3,(H,27,31)(H,28,29,30)/t18-/m0/s1. The Hall–Kier alpha value is -3.17. The quantitative estimate of drug-likeness (QED) is 0.379. The molecule has 33 heavy (non-hydrogen) atoms. The lowest BCUT2D eigenvalue weighted by Gasteiger charge is -2.16. The van der Waals surface area contributed by atoms with E-state index in [1.165, 1.54) is 25.6 Å². The van der Waals surface area contributed by atoms with Crippen LogP contribution in [0, 0.1) is 11.7 Å². The van der Waals surface area contributed by atoms with E-state index in [2.05, 4.69) is 20.6 Å². The molecule has 1 amide bonds. The molecule has 176 valence electrons. The summed E-state index contributed by atoms with van der Waals surface area (Å²) in [6.45, 7) is 4.53. The van der Waals surface area contributed by atoms with Crippen LogP contribution in [0.15, 0.2) is 36.7 Å². The minimum absolute atomic E-state index is 0.000729. The van der Waals surface area contributed by atoms with Crippen molar-refractivity contribution in [3.8, 4) is 11.5 Å². The van der Waals surface area contributed by atoms with Crippen LogP contribution in [0.1, 0.15) is 20.3 Å². The molecule has 0 fully saturated rings. The summed E-state index contributed by atoms with van der Waals surface area (Å²) in [6, 6.07) is 7.22. The molecule has 0 saturated carbocycles. The lowest BCUT2D eigenvalue weighted by molar-refractivity contribution is -0.122. The molecule has 1 atom stereocenters. The highest BCUT2D eigenvalue weighted by Crippen LogP contribution is 2.35. The van der Waals surface area contributed by atoms with Gasteiger partial charge in [0, 0.05) is 17.1 Å². The Labute approximate surface area is 196 Å². The van der Waals surface area contributed by atoms with E-state index >= 15 is 0 Å². The molecule has 0 aliphatic carbocycles. The van der Waals surface area contributed by atoms with Crippen LogP contribution in [0.5, 0.6) is 11.5 Å². The van der Waals surface area contributed by atoms with Crippen LogP contribution in [0.25, 0.3) is 10.9 Å². The molecule has 8 nitrogen and oxygen atoms in total. The first-order valence-electron chi connectivity index (χ1n) is 10.5. The lowest BCUT2D eigenvalue weighted by atomic mass is 10.0. The summed E-state index contributed by atoms with van der Waals surface area (Å²) in [5, 5.41) is 6.56. The molecule has 0 bridgehead atoms. The molecule has 0 unspecified atom stereocenters. The topological polar surface area (TPSA) is 111 Å². The van der Waals surface area contributed by atoms with E-state index in [0.29, 0.717) is 46.2 Å². The Bertz CT molecular complexity index is 1130. The first-order valence-corrected chi connectivity index (χ1v) is 10.9. The molecule has 0 aliphatic rings. The number of anilines is 2. The van der Waals surface area contributed by atoms with Gasteiger partial charge in [0.15, 0.2) is 11.5 Å². The number of ether oxygens (including phenoxy) is 2. The van der Waals surface area contributed by atoms with E-state index in [1.807, 2.05) is 13.8 Å². The van der Waals surface area contributed by atoms with Crippen molar-refractivity contribution in [1.29, 1.82) is 0 Å². The minimum atomic E-state index is -0.550. The number of carbonyl (C=O) groups excluding carboxylic acids is 1. The van der Waals surface area contributed by atoms with E-state index in [-0.39, 0.29) is 24.1 Å². The number of amides is 1. The second kappa shape index (κ2) is 11.1. The lowest BCUT2D eigenvalue weighted by Crippen LogP contribution is -2.42. The predicted molar refractivity (Wildman–Crippen MR) is 127 cm³/mol. The number of nitrogens with zero attached hydrogens (tertiary/aromatic N) is 2. The highest BCUT2D eigenvalue weighted by atomic mass is 35.5. The van der Waals surface area contributed by atoms with E-state index < -0.39 is 11.9 Å². The predicted octanol–water partition coefficient (Wildman–Crippen LogP) is 4.04. The third kappa shape index (κ3) is 6.43. The Kier molecular flexibility index (Phi) is 8.24. The molecular formula is C23H27ClFN5O3. The Morgan fingerprint density at radius 2 is 2.00 bits per heavy atom. The molecule has 1 heterocycles. The van der Waals surface area contributed by atoms with Crippen molar-refractivity contribution in [2.75, 3.05) is 25.6 Å². The number of benzene rings is 2. The monoisotopic (exact) mass is 475 g/mol. The number of fused-ring (bicyclic) bond motifs is 1. The maximum absolute atomic E-state index is 13.5. The van der Waals surface area contributed by atoms with Crippen LogP contribution in [0.4, 0.5) is 15.9 Å². The summed E-state index contributed by atoms with van der Waals surface area (Å²) in [7, 11) is 1.53. The zero-order valence-electron chi connectivity index (χ0n) is 18.7. The van der Waals surface area contributed by atoms with Crippen LogP contribution < -0.4 is 25.8 Å². The number of rotatable bonds is 10. The fraction of sp³-hybridized carbons (Fsp3) is 0.348. The fourth-order valence-corrected chi connectivity index (χ4v) is 3.41. The van der Waals surface area contributed by atoms with Crippen LogP contribution in [0.2, 0.25) is 5.02 Å². The van der Waals surface area contributed by atoms with Gasteiger partial charge in [-0.1, -0.05) is 25.4 Å². The zero-order valence-corrected chi connectivity index (χ0v) is 19.4. The number of nitrogens with two attached hydrogens (primary N) is 1. The maximum atomic E-state index is 13.5. The van der Waals surface area contributed by atoms with Gasteiger partial charge in [0.05, 0.1) is 30.2 Å². The van der Waals surface area contributed by atoms with Crippen LogP contribution in [0.3, 0.4) is 0 Å². The summed E-state index contributed by atoms with van der Waals surface area (Å²) in [5.41, 5.74) is 7.09. The molecule has 3 aromatic rings. The van der Waals surface area contributed by atoms with Gasteiger partial charge in [-0.2, -0.15) is 0 Å². The second-order valence-corrected chi connectivity index (χ2v) is 8.28. The number of methoxy groups -OCH3 is 1. The van der Waals surface area contributed by atoms with Gasteiger partial charge in [0.2, 0.25) is 5.91 Å². The van der Waals surface area contributed by atoms with E-state index in [4.69, 9.17) is 26.8 Å². The van der Waals surface area contributed by atoms with Crippen LogP contribution >= 0.6 is 11.6 Å². The van der Waals surface area contributed by atoms with Gasteiger partial charge in [-0.15, -0.1) is 0 Å². The van der Waals surface area contributed by atoms with Crippen molar-refractivity contribution in [1.82, 2.24) is 15.3 Å². The number of hydrogen-bond acceptors (Lipinski definition) is 7. The highest BCUT2D eigenvalue weighted by molar-refractivity contribution is 6.31. The number of carbonyl (C=O) groups is 1. The van der Waals surface area contributed by atoms with Gasteiger partial charge in [-0.3, -0.25) is 4.79 Å². The molecule has 0 spiro atoms. The summed E-state index contributed by atoms with van der Waals surface area (Å²) in [6.07, 6.45) is 2.02. The molecule has 10 heteroatoms. The van der Waals surface area contributed by atoms with Crippen LogP contribution in [-0.2, 0) is 4.79 Å². The smallest absolute Gasteiger partial charge is 0.237 e. The van der Waals surface area contributed by atoms with Crippen molar-refractivity contribution in [2.24, 2.45) is 11.7 Å². The highest BCUT2D eigenvalue weighted by Gasteiger charge is 2.15. The van der Waals surface area contributed by atoms with Gasteiger partial charge >= 0.3 is 0 Å². The minimum Gasteiger partial charge on any atom is -0.493 e. The van der Waals surface area contributed by atoms with Gasteiger partial charge < -0.3 is 25.8 Å². The van der Waals surface area contributed by atoms with Crippen LogP contribution in [-0.4, -0.2) is 42.2 Å². The van der Waals surface area contributed by atoms with Crippen molar-refractivity contribution in [2.45, 2.75) is 26.3 Å². The van der Waals surface area contributed by atoms with Crippen molar-refractivity contribution in [3.63, 3.8) is 0 Å². The fourth-order valence-electron chi connectivity index (χ4n) is 3.23. The first kappa shape index (κ1) is 24.5. The van der Waals surface area contributed by atoms with E-state index in [9.17, 15) is 9.18 Å². The largest absolute Gasteiger partial charge is 0.493 e. The zero-order chi connectivity index (χ0) is 24.0. The first-order chi connectivity index (χ1) is 15.8. The summed E-state index contributed by atoms with van der Waals surface area (Å²) >= 11 is 5.88. The Morgan fingerprint density at radius 1 is 1.21 bits per heavy atom. The number of hydrogen-bond donors (Lipinski definition) is 3. The average molecular weight is 476 g/mol. The molecule has 3 rings (SSSR count). The van der Waals surface area contributed by atoms with E-state index in [1.54, 1.807) is 18.2 Å². The number of nitrogens with one attached hydrogen (secondary N) is 2. The third-order valence-electron chi connectivity index (χ3n) is 4.82. The van der Waals surface area contributed by atoms with Crippen molar-refractivity contribution in [3.05, 3.63) is 47.5 Å². The molecule has 4 N–H and O–H groups in total. The summed E-state index contributed by atoms with van der Waals surface area (Å²) < 4.78 is 24.8. The Balaban J connectivity index is 1.74. The van der Waals surface area contributed by atoms with Gasteiger partial charge in [0.25, 0.3) is 0 Å². The summed E-state index contributed by atoms with van der Waals surface area (Å²) in [4.78, 5) is 20.6. The average Bonchev–Trinajstić information content (AvgIpc) is 2.78. The van der Waals surface area contributed by atoms with Crippen molar-refractivity contribution >= 4 is 39.9 Å². The number of aromatic nitrogens is 2. The molecule has 0 saturated heterocycles. The van der Waals surface area contributed by atoms with Gasteiger partial charge in [-0.25, -0.2) is 14.4 Å². The Morgan fingerprint density at radius 3 is 2.70 bits per heavy atom. The maximum Gasteiger partial charge on any atom is 0.237 e. The van der Waals surface area contributed by atoms with Gasteiger partial charge in [0.1, 0.15) is 24.6 Å². The SMILES string of the molecule is COc1cc2ncnc(Nc3ccc(F)c(Cl)c3)c2cc1OCCNC(=O)[C@@H](N)CC(C)C. The third-order valence-corrected chi connectivity index (χ3v) is 5.11. The summed E-state index contributed by atoms with van der Waals surface area (Å²) in [5.74, 6) is 1.05. The van der Waals surface area contributed by atoms with E-state index in [0.717, 1.165) is 0 Å². The normalized spacial score (nSPS) is 12.0. The van der Waals surface area contributed by atoms with Crippen molar-refractivity contribution < 1.29 is 18.7 Å². The molecule has 0 aliphatic heterocycles.